The van der Waals surface area contributed by atoms with Crippen molar-refractivity contribution < 1.29 is 23.6 Å². The van der Waals surface area contributed by atoms with Gasteiger partial charge >= 0.3 is 11.7 Å². The van der Waals surface area contributed by atoms with Crippen molar-refractivity contribution in [2.75, 3.05) is 17.9 Å². The minimum atomic E-state index is -0.848. The van der Waals surface area contributed by atoms with Gasteiger partial charge in [-0.15, -0.1) is 0 Å². The van der Waals surface area contributed by atoms with Gasteiger partial charge in [0.2, 0.25) is 11.6 Å². The number of benzene rings is 2. The van der Waals surface area contributed by atoms with E-state index in [9.17, 15) is 24.1 Å². The Morgan fingerprint density at radius 2 is 1.74 bits per heavy atom. The number of nitrogens with zero attached hydrogens (tertiary/aromatic N) is 3. The number of ether oxygens (including phenoxy) is 1. The molecule has 1 amide bonds. The lowest BCUT2D eigenvalue weighted by Gasteiger charge is -2.11. The van der Waals surface area contributed by atoms with E-state index in [4.69, 9.17) is 0 Å². The fourth-order valence-electron chi connectivity index (χ4n) is 2.51. The maximum atomic E-state index is 13.7. The van der Waals surface area contributed by atoms with E-state index < -0.39 is 28.3 Å². The van der Waals surface area contributed by atoms with Crippen molar-refractivity contribution in [3.63, 3.8) is 0 Å². The van der Waals surface area contributed by atoms with E-state index in [0.29, 0.717) is 11.3 Å². The van der Waals surface area contributed by atoms with E-state index in [2.05, 4.69) is 30.9 Å². The van der Waals surface area contributed by atoms with Crippen LogP contribution in [0.1, 0.15) is 20.7 Å². The molecule has 0 aliphatic rings. The molecule has 12 heteroatoms. The van der Waals surface area contributed by atoms with Crippen LogP contribution in [0, 0.1) is 15.9 Å². The number of amides is 1. The molecule has 0 fully saturated rings. The third kappa shape index (κ3) is 4.87. The van der Waals surface area contributed by atoms with Gasteiger partial charge in [0, 0.05) is 5.69 Å². The third-order valence-corrected chi connectivity index (χ3v) is 3.99. The molecule has 1 aromatic heterocycles. The first kappa shape index (κ1) is 21.1. The lowest BCUT2D eigenvalue weighted by atomic mass is 10.2. The molecule has 0 saturated carbocycles. The number of carbonyl (C=O) groups is 2. The van der Waals surface area contributed by atoms with Crippen LogP contribution in [0.15, 0.2) is 54.9 Å². The fourth-order valence-corrected chi connectivity index (χ4v) is 2.51. The van der Waals surface area contributed by atoms with Crippen molar-refractivity contribution in [2.45, 2.75) is 0 Å². The summed E-state index contributed by atoms with van der Waals surface area (Å²) in [5, 5.41) is 14.3. The van der Waals surface area contributed by atoms with E-state index in [1.807, 2.05) is 0 Å². The molecule has 3 aromatic rings. The highest BCUT2D eigenvalue weighted by Crippen LogP contribution is 2.30. The zero-order valence-electron chi connectivity index (χ0n) is 16.0. The van der Waals surface area contributed by atoms with Gasteiger partial charge in [-0.1, -0.05) is 12.1 Å². The molecule has 0 radical (unpaired) electrons. The number of hydrazine groups is 1. The summed E-state index contributed by atoms with van der Waals surface area (Å²) in [5.74, 6) is -2.63. The van der Waals surface area contributed by atoms with Gasteiger partial charge in [-0.25, -0.2) is 19.2 Å². The van der Waals surface area contributed by atoms with E-state index in [1.165, 1.54) is 49.6 Å². The van der Waals surface area contributed by atoms with Crippen molar-refractivity contribution in [2.24, 2.45) is 0 Å². The molecular weight excluding hydrogens is 411 g/mol. The van der Waals surface area contributed by atoms with Crippen LogP contribution in [0.5, 0.6) is 0 Å². The number of methoxy groups -OCH3 is 1. The van der Waals surface area contributed by atoms with Crippen LogP contribution in [-0.4, -0.2) is 33.9 Å². The number of aromatic nitrogens is 2. The molecule has 0 bridgehead atoms. The molecule has 11 nitrogen and oxygen atoms in total. The first-order valence-electron chi connectivity index (χ1n) is 8.66. The number of halogens is 1. The Morgan fingerprint density at radius 1 is 1.06 bits per heavy atom. The molecule has 2 aromatic carbocycles. The molecule has 3 rings (SSSR count). The minimum absolute atomic E-state index is 0.173. The van der Waals surface area contributed by atoms with E-state index in [0.717, 1.165) is 12.4 Å². The Kier molecular flexibility index (Phi) is 6.30. The smallest absolute Gasteiger partial charge is 0.355 e. The maximum absolute atomic E-state index is 13.7. The van der Waals surface area contributed by atoms with Crippen LogP contribution in [0.3, 0.4) is 0 Å². The molecule has 0 spiro atoms. The number of esters is 1. The van der Waals surface area contributed by atoms with Crippen LogP contribution in [0.2, 0.25) is 0 Å². The normalized spacial score (nSPS) is 10.1. The zero-order chi connectivity index (χ0) is 22.4. The third-order valence-electron chi connectivity index (χ3n) is 3.99. The fraction of sp³-hybridized carbons (Fsp3) is 0.0526. The summed E-state index contributed by atoms with van der Waals surface area (Å²) in [6, 6.07) is 11.2. The van der Waals surface area contributed by atoms with Crippen LogP contribution >= 0.6 is 0 Å². The van der Waals surface area contributed by atoms with Gasteiger partial charge < -0.3 is 10.1 Å². The molecule has 158 valence electrons. The minimum Gasteiger partial charge on any atom is -0.465 e. The number of hydrogen-bond donors (Lipinski definition) is 3. The summed E-state index contributed by atoms with van der Waals surface area (Å²) in [6.45, 7) is 0. The Labute approximate surface area is 174 Å². The number of anilines is 3. The molecule has 31 heavy (non-hydrogen) atoms. The first-order valence-corrected chi connectivity index (χ1v) is 8.66. The molecule has 0 unspecified atom stereocenters. The molecule has 0 atom stereocenters. The molecule has 0 saturated heterocycles. The SMILES string of the molecule is COC(=O)c1ccc(Nc2ncnc(NNC(=O)c3ccccc3F)c2[N+](=O)[O-])cc1. The quantitative estimate of drug-likeness (QED) is 0.294. The van der Waals surface area contributed by atoms with E-state index in [1.54, 1.807) is 0 Å². The summed E-state index contributed by atoms with van der Waals surface area (Å²) < 4.78 is 18.3. The number of nitrogens with one attached hydrogen (secondary N) is 3. The topological polar surface area (TPSA) is 148 Å². The van der Waals surface area contributed by atoms with Crippen LogP contribution in [0.4, 0.5) is 27.4 Å². The second-order valence-electron chi connectivity index (χ2n) is 5.93. The Morgan fingerprint density at radius 3 is 2.39 bits per heavy atom. The van der Waals surface area contributed by atoms with Crippen molar-refractivity contribution in [3.8, 4) is 0 Å². The second kappa shape index (κ2) is 9.26. The number of hydrogen-bond acceptors (Lipinski definition) is 9. The van der Waals surface area contributed by atoms with Crippen molar-refractivity contribution in [3.05, 3.63) is 81.9 Å². The van der Waals surface area contributed by atoms with Crippen LogP contribution < -0.4 is 16.2 Å². The number of carbonyl (C=O) groups excluding carboxylic acids is 2. The van der Waals surface area contributed by atoms with E-state index >= 15 is 0 Å². The Bertz CT molecular complexity index is 1140. The molecule has 0 aliphatic heterocycles. The highest BCUT2D eigenvalue weighted by Gasteiger charge is 2.24. The summed E-state index contributed by atoms with van der Waals surface area (Å²) in [4.78, 5) is 42.1. The number of nitro groups is 1. The molecule has 0 aliphatic carbocycles. The van der Waals surface area contributed by atoms with Gasteiger partial charge in [0.15, 0.2) is 0 Å². The van der Waals surface area contributed by atoms with Crippen LogP contribution in [0.25, 0.3) is 0 Å². The van der Waals surface area contributed by atoms with Crippen LogP contribution in [-0.2, 0) is 4.74 Å². The van der Waals surface area contributed by atoms with E-state index in [-0.39, 0.29) is 17.2 Å². The summed E-state index contributed by atoms with van der Waals surface area (Å²) in [6.07, 6.45) is 1.04. The molecule has 3 N–H and O–H groups in total. The molecular formula is C19H15FN6O5. The summed E-state index contributed by atoms with van der Waals surface area (Å²) in [5.41, 5.74) is 4.36. The Balaban J connectivity index is 1.81. The molecule has 1 heterocycles. The van der Waals surface area contributed by atoms with Crippen molar-refractivity contribution in [1.29, 1.82) is 0 Å². The van der Waals surface area contributed by atoms with Gasteiger partial charge in [-0.3, -0.25) is 25.8 Å². The monoisotopic (exact) mass is 426 g/mol. The van der Waals surface area contributed by atoms with Gasteiger partial charge in [-0.2, -0.15) is 0 Å². The van der Waals surface area contributed by atoms with Crippen molar-refractivity contribution >= 4 is 34.9 Å². The highest BCUT2D eigenvalue weighted by atomic mass is 19.1. The average Bonchev–Trinajstić information content (AvgIpc) is 2.77. The first-order chi connectivity index (χ1) is 14.9. The lowest BCUT2D eigenvalue weighted by molar-refractivity contribution is -0.383. The second-order valence-corrected chi connectivity index (χ2v) is 5.93. The zero-order valence-corrected chi connectivity index (χ0v) is 16.0. The average molecular weight is 426 g/mol. The summed E-state index contributed by atoms with van der Waals surface area (Å²) in [7, 11) is 1.25. The predicted molar refractivity (Wildman–Crippen MR) is 107 cm³/mol. The largest absolute Gasteiger partial charge is 0.465 e. The predicted octanol–water partition coefficient (Wildman–Crippen LogP) is 2.81. The van der Waals surface area contributed by atoms with Gasteiger partial charge in [0.25, 0.3) is 5.91 Å². The van der Waals surface area contributed by atoms with Gasteiger partial charge in [0.1, 0.15) is 12.1 Å². The standard InChI is InChI=1S/C19H15FN6O5/c1-31-19(28)11-6-8-12(9-7-11)23-16-15(26(29)30)17(22-10-21-16)24-25-18(27)13-4-2-3-5-14(13)20/h2-10H,1H3,(H,25,27)(H2,21,22,23,24). The Hall–Kier alpha value is -4.61. The number of rotatable bonds is 7. The highest BCUT2D eigenvalue weighted by molar-refractivity contribution is 5.95. The lowest BCUT2D eigenvalue weighted by Crippen LogP contribution is -2.31. The summed E-state index contributed by atoms with van der Waals surface area (Å²) >= 11 is 0. The van der Waals surface area contributed by atoms with Gasteiger partial charge in [0.05, 0.1) is 23.2 Å². The van der Waals surface area contributed by atoms with Crippen molar-refractivity contribution in [1.82, 2.24) is 15.4 Å². The maximum Gasteiger partial charge on any atom is 0.355 e. The van der Waals surface area contributed by atoms with Gasteiger partial charge in [-0.05, 0) is 36.4 Å².